The molecule has 0 fully saturated rings. The lowest BCUT2D eigenvalue weighted by atomic mass is 9.80. The van der Waals surface area contributed by atoms with Crippen molar-refractivity contribution in [2.24, 2.45) is 0 Å². The van der Waals surface area contributed by atoms with E-state index in [1.165, 1.54) is 25.3 Å². The van der Waals surface area contributed by atoms with Crippen LogP contribution in [-0.4, -0.2) is 34.8 Å². The molecule has 6 nitrogen and oxygen atoms in total. The molecule has 0 aliphatic carbocycles. The summed E-state index contributed by atoms with van der Waals surface area (Å²) in [5, 5.41) is 30.6. The summed E-state index contributed by atoms with van der Waals surface area (Å²) in [5.41, 5.74) is 0.577. The number of allylic oxidation sites excluding steroid dienone is 1. The topological polar surface area (TPSA) is 96.2 Å². The number of carbonyl (C=O) groups excluding carboxylic acids is 1. The van der Waals surface area contributed by atoms with Gasteiger partial charge in [-0.3, -0.25) is 4.79 Å². The van der Waals surface area contributed by atoms with Crippen LogP contribution in [0.2, 0.25) is 0 Å². The summed E-state index contributed by atoms with van der Waals surface area (Å²) in [6, 6.07) is 5.90. The van der Waals surface area contributed by atoms with E-state index in [1.54, 1.807) is 12.1 Å². The summed E-state index contributed by atoms with van der Waals surface area (Å²) >= 11 is 0. The average Bonchev–Trinajstić information content (AvgIpc) is 2.64. The van der Waals surface area contributed by atoms with Crippen molar-refractivity contribution < 1.29 is 29.6 Å². The number of carbonyl (C=O) groups is 1. The maximum atomic E-state index is 13.0. The van der Waals surface area contributed by atoms with Crippen LogP contribution in [0.25, 0.3) is 0 Å². The van der Waals surface area contributed by atoms with Gasteiger partial charge in [-0.1, -0.05) is 19.9 Å². The van der Waals surface area contributed by atoms with Gasteiger partial charge in [-0.2, -0.15) is 0 Å². The van der Waals surface area contributed by atoms with Gasteiger partial charge in [-0.05, 0) is 18.2 Å². The number of hydrogen-bond acceptors (Lipinski definition) is 6. The van der Waals surface area contributed by atoms with E-state index in [-0.39, 0.29) is 29.5 Å². The van der Waals surface area contributed by atoms with Crippen molar-refractivity contribution in [3.8, 4) is 28.7 Å². The standard InChI is InChI=1S/C21H22O6/c1-5-21(2,3)15-9-13(18(24)19(25)20(15)26-4)14-10-27-16-8-11(22)6-7-12(16)17(14)23/h5-9,14,22,24-25H,1,10H2,2-4H3/t14-/m0/s1. The maximum Gasteiger partial charge on any atom is 0.201 e. The molecule has 2 aromatic carbocycles. The van der Waals surface area contributed by atoms with Gasteiger partial charge in [0.2, 0.25) is 5.75 Å². The molecular weight excluding hydrogens is 348 g/mol. The fourth-order valence-electron chi connectivity index (χ4n) is 3.22. The van der Waals surface area contributed by atoms with Crippen LogP contribution in [0.3, 0.4) is 0 Å². The summed E-state index contributed by atoms with van der Waals surface area (Å²) < 4.78 is 10.9. The first-order chi connectivity index (χ1) is 12.7. The summed E-state index contributed by atoms with van der Waals surface area (Å²) in [5.74, 6) is -1.49. The number of methoxy groups -OCH3 is 1. The fourth-order valence-corrected chi connectivity index (χ4v) is 3.22. The molecule has 0 unspecified atom stereocenters. The Bertz CT molecular complexity index is 929. The third-order valence-electron chi connectivity index (χ3n) is 4.99. The second-order valence-electron chi connectivity index (χ2n) is 7.08. The molecule has 2 aromatic rings. The molecule has 1 heterocycles. The molecule has 0 radical (unpaired) electrons. The highest BCUT2D eigenvalue weighted by Crippen LogP contribution is 2.49. The highest BCUT2D eigenvalue weighted by atomic mass is 16.5. The summed E-state index contributed by atoms with van der Waals surface area (Å²) in [7, 11) is 1.40. The van der Waals surface area contributed by atoms with Gasteiger partial charge < -0.3 is 24.8 Å². The van der Waals surface area contributed by atoms with Crippen molar-refractivity contribution in [2.45, 2.75) is 25.2 Å². The zero-order chi connectivity index (χ0) is 19.9. The Labute approximate surface area is 157 Å². The van der Waals surface area contributed by atoms with E-state index < -0.39 is 22.8 Å². The zero-order valence-electron chi connectivity index (χ0n) is 15.4. The third kappa shape index (κ3) is 2.97. The van der Waals surface area contributed by atoms with Crippen LogP contribution in [0.1, 0.15) is 41.3 Å². The Hall–Kier alpha value is -3.15. The Kier molecular flexibility index (Phi) is 4.51. The molecule has 0 bridgehead atoms. The molecule has 0 saturated heterocycles. The van der Waals surface area contributed by atoms with E-state index in [9.17, 15) is 20.1 Å². The van der Waals surface area contributed by atoms with Crippen LogP contribution < -0.4 is 9.47 Å². The molecule has 1 aliphatic heterocycles. The van der Waals surface area contributed by atoms with Gasteiger partial charge in [0.1, 0.15) is 18.1 Å². The smallest absolute Gasteiger partial charge is 0.201 e. The third-order valence-corrected chi connectivity index (χ3v) is 4.99. The number of ether oxygens (including phenoxy) is 2. The van der Waals surface area contributed by atoms with E-state index in [0.717, 1.165) is 0 Å². The van der Waals surface area contributed by atoms with Gasteiger partial charge in [-0.25, -0.2) is 0 Å². The van der Waals surface area contributed by atoms with Gasteiger partial charge in [0.25, 0.3) is 0 Å². The average molecular weight is 370 g/mol. The number of benzene rings is 2. The first-order valence-electron chi connectivity index (χ1n) is 8.48. The number of phenolic OH excluding ortho intramolecular Hbond substituents is 3. The van der Waals surface area contributed by atoms with E-state index in [1.807, 2.05) is 13.8 Å². The number of fused-ring (bicyclic) bond motifs is 1. The number of Topliss-reactive ketones (excluding diaryl/α,β-unsaturated/α-hetero) is 1. The summed E-state index contributed by atoms with van der Waals surface area (Å²) in [4.78, 5) is 13.0. The molecular formula is C21H22O6. The molecule has 3 rings (SSSR count). The quantitative estimate of drug-likeness (QED) is 0.562. The second kappa shape index (κ2) is 6.54. The Morgan fingerprint density at radius 3 is 2.56 bits per heavy atom. The number of rotatable bonds is 4. The zero-order valence-corrected chi connectivity index (χ0v) is 15.4. The van der Waals surface area contributed by atoms with Crippen LogP contribution in [-0.2, 0) is 5.41 Å². The SMILES string of the molecule is C=CC(C)(C)c1cc([C@@H]2COc3cc(O)ccc3C2=O)c(O)c(O)c1OC. The molecule has 0 saturated carbocycles. The van der Waals surface area contributed by atoms with E-state index >= 15 is 0 Å². The monoisotopic (exact) mass is 370 g/mol. The van der Waals surface area contributed by atoms with Crippen molar-refractivity contribution in [3.63, 3.8) is 0 Å². The molecule has 0 amide bonds. The minimum absolute atomic E-state index is 0.0000389. The number of phenols is 3. The minimum atomic E-state index is -0.807. The molecule has 142 valence electrons. The normalized spacial score (nSPS) is 16.4. The number of ketones is 1. The van der Waals surface area contributed by atoms with Crippen molar-refractivity contribution in [1.29, 1.82) is 0 Å². The van der Waals surface area contributed by atoms with Crippen molar-refractivity contribution in [3.05, 3.63) is 53.6 Å². The Balaban J connectivity index is 2.16. The van der Waals surface area contributed by atoms with Crippen molar-refractivity contribution in [2.75, 3.05) is 13.7 Å². The molecule has 27 heavy (non-hydrogen) atoms. The van der Waals surface area contributed by atoms with Crippen LogP contribution in [0.15, 0.2) is 36.9 Å². The lowest BCUT2D eigenvalue weighted by molar-refractivity contribution is 0.0893. The summed E-state index contributed by atoms with van der Waals surface area (Å²) in [6.07, 6.45) is 1.70. The second-order valence-corrected chi connectivity index (χ2v) is 7.08. The van der Waals surface area contributed by atoms with Crippen molar-refractivity contribution in [1.82, 2.24) is 0 Å². The van der Waals surface area contributed by atoms with Crippen molar-refractivity contribution >= 4 is 5.78 Å². The minimum Gasteiger partial charge on any atom is -0.508 e. The molecule has 3 N–H and O–H groups in total. The fraction of sp³-hybridized carbons (Fsp3) is 0.286. The first-order valence-corrected chi connectivity index (χ1v) is 8.48. The summed E-state index contributed by atoms with van der Waals surface area (Å²) in [6.45, 7) is 7.56. The Morgan fingerprint density at radius 1 is 1.22 bits per heavy atom. The van der Waals surface area contributed by atoms with Gasteiger partial charge in [0, 0.05) is 22.6 Å². The number of aromatic hydroxyl groups is 3. The van der Waals surface area contributed by atoms with E-state index in [2.05, 4.69) is 6.58 Å². The van der Waals surface area contributed by atoms with E-state index in [0.29, 0.717) is 16.9 Å². The maximum absolute atomic E-state index is 13.0. The van der Waals surface area contributed by atoms with Gasteiger partial charge in [-0.15, -0.1) is 6.58 Å². The highest BCUT2D eigenvalue weighted by Gasteiger charge is 2.36. The van der Waals surface area contributed by atoms with Crippen LogP contribution >= 0.6 is 0 Å². The predicted octanol–water partition coefficient (Wildman–Crippen LogP) is 3.63. The highest BCUT2D eigenvalue weighted by molar-refractivity contribution is 6.04. The van der Waals surface area contributed by atoms with Gasteiger partial charge in [0.15, 0.2) is 17.3 Å². The van der Waals surface area contributed by atoms with Gasteiger partial charge in [0.05, 0.1) is 18.6 Å². The lowest BCUT2D eigenvalue weighted by Gasteiger charge is -2.29. The van der Waals surface area contributed by atoms with Crippen LogP contribution in [0.4, 0.5) is 0 Å². The lowest BCUT2D eigenvalue weighted by Crippen LogP contribution is -2.26. The first kappa shape index (κ1) is 18.6. The van der Waals surface area contributed by atoms with E-state index in [4.69, 9.17) is 9.47 Å². The van der Waals surface area contributed by atoms with Crippen LogP contribution in [0.5, 0.6) is 28.7 Å². The Morgan fingerprint density at radius 2 is 1.93 bits per heavy atom. The van der Waals surface area contributed by atoms with Gasteiger partial charge >= 0.3 is 0 Å². The largest absolute Gasteiger partial charge is 0.508 e. The molecule has 1 aliphatic rings. The number of hydrogen-bond donors (Lipinski definition) is 3. The predicted molar refractivity (Wildman–Crippen MR) is 100 cm³/mol. The van der Waals surface area contributed by atoms with Crippen LogP contribution in [0, 0.1) is 0 Å². The molecule has 1 atom stereocenters. The molecule has 6 heteroatoms. The molecule has 0 aromatic heterocycles. The molecule has 0 spiro atoms.